The molecule has 0 spiro atoms. The summed E-state index contributed by atoms with van der Waals surface area (Å²) in [5, 5.41) is 25.7. The predicted molar refractivity (Wildman–Crippen MR) is 110 cm³/mol. The molecule has 3 atom stereocenters. The highest BCUT2D eigenvalue weighted by Gasteiger charge is 2.29. The summed E-state index contributed by atoms with van der Waals surface area (Å²) in [6.45, 7) is 6.95. The average molecular weight is 404 g/mol. The van der Waals surface area contributed by atoms with Crippen LogP contribution in [0.1, 0.15) is 32.0 Å². The maximum atomic E-state index is 14.0. The zero-order valence-corrected chi connectivity index (χ0v) is 17.0. The number of piperidine rings is 1. The van der Waals surface area contributed by atoms with Crippen molar-refractivity contribution in [3.05, 3.63) is 41.2 Å². The summed E-state index contributed by atoms with van der Waals surface area (Å²) in [6.07, 6.45) is 1.21. The summed E-state index contributed by atoms with van der Waals surface area (Å²) in [6, 6.07) is 5.87. The predicted octanol–water partition coefficient (Wildman–Crippen LogP) is 4.21. The Hall–Kier alpha value is -2.19. The van der Waals surface area contributed by atoms with Crippen molar-refractivity contribution in [3.8, 4) is 5.75 Å². The first-order valence-corrected chi connectivity index (χ1v) is 10.7. The summed E-state index contributed by atoms with van der Waals surface area (Å²) < 4.78 is 15.1. The van der Waals surface area contributed by atoms with Crippen molar-refractivity contribution in [3.63, 3.8) is 0 Å². The number of hydrogen-bond acceptors (Lipinski definition) is 7. The number of likely N-dealkylation sites (N-methyl/N-ethyl adjacent to an activating group) is 1. The molecule has 2 aromatic rings. The van der Waals surface area contributed by atoms with Gasteiger partial charge >= 0.3 is 0 Å². The molecule has 0 aliphatic carbocycles. The fourth-order valence-electron chi connectivity index (χ4n) is 3.96. The molecule has 28 heavy (non-hydrogen) atoms. The topological polar surface area (TPSA) is 63.5 Å². The Morgan fingerprint density at radius 3 is 2.89 bits per heavy atom. The number of phenolic OH excluding ortho intramolecular Hbond substituents is 1. The molecule has 0 radical (unpaired) electrons. The highest BCUT2D eigenvalue weighted by atomic mass is 32.1. The molecule has 6 nitrogen and oxygen atoms in total. The van der Waals surface area contributed by atoms with Gasteiger partial charge in [0, 0.05) is 53.9 Å². The Bertz CT molecular complexity index is 898. The third kappa shape index (κ3) is 3.71. The second-order valence-electron chi connectivity index (χ2n) is 7.30. The molecule has 1 unspecified atom stereocenters. The van der Waals surface area contributed by atoms with Crippen LogP contribution in [0.3, 0.4) is 0 Å². The van der Waals surface area contributed by atoms with E-state index in [1.54, 1.807) is 11.3 Å². The van der Waals surface area contributed by atoms with Crippen molar-refractivity contribution in [1.29, 1.82) is 0 Å². The van der Waals surface area contributed by atoms with Crippen molar-refractivity contribution in [2.75, 3.05) is 26.2 Å². The van der Waals surface area contributed by atoms with Crippen LogP contribution in [-0.2, 0) is 0 Å². The van der Waals surface area contributed by atoms with Crippen molar-refractivity contribution in [2.45, 2.75) is 38.6 Å². The molecule has 2 aliphatic rings. The second kappa shape index (κ2) is 8.05. The Morgan fingerprint density at radius 2 is 2.11 bits per heavy atom. The highest BCUT2D eigenvalue weighted by Crippen LogP contribution is 2.39. The molecule has 0 amide bonds. The third-order valence-corrected chi connectivity index (χ3v) is 6.31. The van der Waals surface area contributed by atoms with Gasteiger partial charge in [-0.1, -0.05) is 6.92 Å². The number of nitrogens with one attached hydrogen (secondary N) is 1. The molecule has 2 aliphatic heterocycles. The smallest absolute Gasteiger partial charge is 0.171 e. The van der Waals surface area contributed by atoms with Crippen molar-refractivity contribution < 1.29 is 9.50 Å². The van der Waals surface area contributed by atoms with E-state index in [-0.39, 0.29) is 18.0 Å². The molecular weight excluding hydrogens is 377 g/mol. The van der Waals surface area contributed by atoms with E-state index in [1.807, 2.05) is 41.6 Å². The van der Waals surface area contributed by atoms with E-state index in [0.29, 0.717) is 25.3 Å². The number of alkyl halides is 1. The van der Waals surface area contributed by atoms with Gasteiger partial charge in [-0.15, -0.1) is 16.5 Å². The van der Waals surface area contributed by atoms with E-state index in [1.165, 1.54) is 0 Å². The minimum absolute atomic E-state index is 0.0136. The van der Waals surface area contributed by atoms with Gasteiger partial charge in [-0.05, 0) is 37.0 Å². The number of phenols is 1. The normalized spacial score (nSPS) is 25.9. The number of benzene rings is 1. The lowest BCUT2D eigenvalue weighted by Crippen LogP contribution is -2.49. The molecule has 150 valence electrons. The zero-order valence-electron chi connectivity index (χ0n) is 16.2. The summed E-state index contributed by atoms with van der Waals surface area (Å²) >= 11 is 1.60. The van der Waals surface area contributed by atoms with E-state index < -0.39 is 6.17 Å². The van der Waals surface area contributed by atoms with Crippen molar-refractivity contribution in [2.24, 2.45) is 10.2 Å². The zero-order chi connectivity index (χ0) is 19.7. The Labute approximate surface area is 168 Å². The number of thiophene rings is 1. The highest BCUT2D eigenvalue weighted by molar-refractivity contribution is 7.17. The molecular formula is C20H26FN5OS. The number of aromatic hydroxyl groups is 1. The van der Waals surface area contributed by atoms with E-state index in [2.05, 4.69) is 27.4 Å². The maximum absolute atomic E-state index is 14.0. The van der Waals surface area contributed by atoms with Crippen LogP contribution in [-0.4, -0.2) is 53.3 Å². The van der Waals surface area contributed by atoms with Crippen LogP contribution in [0.4, 0.5) is 4.39 Å². The van der Waals surface area contributed by atoms with Crippen LogP contribution < -0.4 is 5.32 Å². The van der Waals surface area contributed by atoms with Crippen LogP contribution in [0.5, 0.6) is 5.75 Å². The molecule has 3 heterocycles. The summed E-state index contributed by atoms with van der Waals surface area (Å²) in [5.74, 6) is 0.904. The first kappa shape index (κ1) is 19.1. The molecule has 1 saturated heterocycles. The average Bonchev–Trinajstić information content (AvgIpc) is 3.18. The largest absolute Gasteiger partial charge is 0.507 e. The van der Waals surface area contributed by atoms with Gasteiger partial charge in [0.05, 0.1) is 0 Å². The van der Waals surface area contributed by atoms with Gasteiger partial charge in [-0.2, -0.15) is 5.11 Å². The summed E-state index contributed by atoms with van der Waals surface area (Å²) in [4.78, 5) is 4.15. The standard InChI is InChI=1S/C20H26FN5OS/c1-3-25-10-13(21)9-14(11-25)22-18-12-26(4-2)20(24-23-18)16-5-6-17-15(19(16)27)7-8-28-17/h5-8,12-14,20,22,27H,3-4,9-11H2,1-2H3/t13-,14-,20?/m1/s1. The number of fused-ring (bicyclic) bond motifs is 1. The van der Waals surface area contributed by atoms with Crippen LogP contribution in [0.2, 0.25) is 0 Å². The Kier molecular flexibility index (Phi) is 5.50. The number of nitrogens with zero attached hydrogens (tertiary/aromatic N) is 4. The van der Waals surface area contributed by atoms with Gasteiger partial charge in [0.2, 0.25) is 0 Å². The fraction of sp³-hybridized carbons (Fsp3) is 0.500. The van der Waals surface area contributed by atoms with E-state index in [9.17, 15) is 9.50 Å². The Balaban J connectivity index is 1.52. The minimum atomic E-state index is -0.823. The fourth-order valence-corrected chi connectivity index (χ4v) is 4.75. The maximum Gasteiger partial charge on any atom is 0.171 e. The SMILES string of the molecule is CCN1C[C@H](F)C[C@@H](NC2=CN(CC)C(c3ccc4sccc4c3O)N=N2)C1. The van der Waals surface area contributed by atoms with Crippen LogP contribution in [0, 0.1) is 0 Å². The lowest BCUT2D eigenvalue weighted by molar-refractivity contribution is 0.118. The van der Waals surface area contributed by atoms with Gasteiger partial charge in [0.15, 0.2) is 12.0 Å². The number of azo groups is 1. The third-order valence-electron chi connectivity index (χ3n) is 5.43. The molecule has 4 rings (SSSR count). The van der Waals surface area contributed by atoms with Crippen LogP contribution in [0.25, 0.3) is 10.1 Å². The number of halogens is 1. The molecule has 0 saturated carbocycles. The first-order valence-electron chi connectivity index (χ1n) is 9.79. The number of hydrogen-bond donors (Lipinski definition) is 2. The van der Waals surface area contributed by atoms with Crippen molar-refractivity contribution in [1.82, 2.24) is 15.1 Å². The van der Waals surface area contributed by atoms with Gasteiger partial charge in [0.1, 0.15) is 11.9 Å². The van der Waals surface area contributed by atoms with Crippen LogP contribution in [0.15, 0.2) is 45.8 Å². The summed E-state index contributed by atoms with van der Waals surface area (Å²) in [7, 11) is 0. The van der Waals surface area contributed by atoms with Gasteiger partial charge in [0.25, 0.3) is 0 Å². The Morgan fingerprint density at radius 1 is 1.25 bits per heavy atom. The lowest BCUT2D eigenvalue weighted by atomic mass is 10.0. The molecule has 0 bridgehead atoms. The lowest BCUT2D eigenvalue weighted by Gasteiger charge is -2.36. The van der Waals surface area contributed by atoms with Gasteiger partial charge in [-0.3, -0.25) is 4.90 Å². The number of rotatable bonds is 5. The van der Waals surface area contributed by atoms with Crippen molar-refractivity contribution >= 4 is 21.4 Å². The van der Waals surface area contributed by atoms with Gasteiger partial charge in [-0.25, -0.2) is 4.39 Å². The molecule has 1 fully saturated rings. The molecule has 1 aromatic carbocycles. The van der Waals surface area contributed by atoms with E-state index >= 15 is 0 Å². The summed E-state index contributed by atoms with van der Waals surface area (Å²) in [5.41, 5.74) is 0.741. The van der Waals surface area contributed by atoms with Crippen LogP contribution >= 0.6 is 11.3 Å². The monoisotopic (exact) mass is 403 g/mol. The molecule has 1 aromatic heterocycles. The molecule has 2 N–H and O–H groups in total. The molecule has 8 heteroatoms. The van der Waals surface area contributed by atoms with Gasteiger partial charge < -0.3 is 15.3 Å². The quantitative estimate of drug-likeness (QED) is 0.785. The number of likely N-dealkylation sites (tertiary alicyclic amines) is 1. The minimum Gasteiger partial charge on any atom is -0.507 e. The van der Waals surface area contributed by atoms with E-state index in [4.69, 9.17) is 0 Å². The van der Waals surface area contributed by atoms with E-state index in [0.717, 1.165) is 28.7 Å². The second-order valence-corrected chi connectivity index (χ2v) is 8.24. The first-order chi connectivity index (χ1) is 13.6.